The Morgan fingerprint density at radius 2 is 1.52 bits per heavy atom. The predicted octanol–water partition coefficient (Wildman–Crippen LogP) is 3.26. The number of nitrogens with one attached hydrogen (secondary N) is 3. The van der Waals surface area contributed by atoms with Crippen molar-refractivity contribution in [2.24, 2.45) is 0 Å². The van der Waals surface area contributed by atoms with Crippen LogP contribution in [0, 0.1) is 0 Å². The molecule has 3 N–H and O–H groups in total. The van der Waals surface area contributed by atoms with Crippen LogP contribution in [0.3, 0.4) is 0 Å². The van der Waals surface area contributed by atoms with Gasteiger partial charge >= 0.3 is 0 Å². The van der Waals surface area contributed by atoms with Crippen LogP contribution in [0.2, 0.25) is 0 Å². The van der Waals surface area contributed by atoms with Crippen LogP contribution in [-0.2, 0) is 0 Å². The molecule has 2 aromatic carbocycles. The summed E-state index contributed by atoms with van der Waals surface area (Å²) in [5.41, 5.74) is 1.95. The van der Waals surface area contributed by atoms with Gasteiger partial charge < -0.3 is 5.32 Å². The van der Waals surface area contributed by atoms with E-state index in [1.54, 1.807) is 6.07 Å². The largest absolute Gasteiger partial charge is 0.324 e. The zero-order chi connectivity index (χ0) is 18.5. The fourth-order valence-corrected chi connectivity index (χ4v) is 2.41. The van der Waals surface area contributed by atoms with Crippen LogP contribution >= 0.6 is 0 Å². The average Bonchev–Trinajstić information content (AvgIpc) is 3.24. The predicted molar refractivity (Wildman–Crippen MR) is 102 cm³/mol. The fraction of sp³-hybridized carbons (Fsp3) is 0. The number of carbonyl (C=O) groups excluding carboxylic acids is 1. The molecule has 0 unspecified atom stereocenters. The molecule has 2 heterocycles. The molecule has 8 heteroatoms. The summed E-state index contributed by atoms with van der Waals surface area (Å²) in [6.07, 6.45) is 1.50. The molecule has 4 rings (SSSR count). The van der Waals surface area contributed by atoms with Gasteiger partial charge in [-0.15, -0.1) is 0 Å². The van der Waals surface area contributed by atoms with Crippen LogP contribution in [0.25, 0.3) is 11.4 Å². The first kappa shape index (κ1) is 16.4. The number of aromatic nitrogens is 5. The molecule has 0 aliphatic rings. The maximum atomic E-state index is 12.3. The van der Waals surface area contributed by atoms with Crippen LogP contribution in [0.15, 0.2) is 72.9 Å². The Kier molecular flexibility index (Phi) is 4.52. The second-order valence-corrected chi connectivity index (χ2v) is 5.59. The third kappa shape index (κ3) is 3.96. The van der Waals surface area contributed by atoms with Gasteiger partial charge in [-0.3, -0.25) is 15.2 Å². The molecule has 1 amide bonds. The number of hydrogen-bond acceptors (Lipinski definition) is 6. The fourth-order valence-electron chi connectivity index (χ4n) is 2.41. The van der Waals surface area contributed by atoms with E-state index >= 15 is 0 Å². The summed E-state index contributed by atoms with van der Waals surface area (Å²) in [5.74, 6) is 0.532. The lowest BCUT2D eigenvalue weighted by atomic mass is 10.2. The summed E-state index contributed by atoms with van der Waals surface area (Å²) in [5, 5.41) is 12.2. The average molecular weight is 357 g/mol. The maximum Gasteiger partial charge on any atom is 0.276 e. The Hall–Kier alpha value is -4.07. The number of aromatic amines is 1. The highest BCUT2D eigenvalue weighted by molar-refractivity contribution is 6.01. The Morgan fingerprint density at radius 1 is 0.815 bits per heavy atom. The van der Waals surface area contributed by atoms with Crippen LogP contribution in [-0.4, -0.2) is 31.1 Å². The number of carbonyl (C=O) groups is 1. The maximum absolute atomic E-state index is 12.3. The molecule has 0 saturated carbocycles. The van der Waals surface area contributed by atoms with Crippen molar-refractivity contribution in [2.75, 3.05) is 10.6 Å². The Labute approximate surface area is 154 Å². The topological polar surface area (TPSA) is 108 Å². The van der Waals surface area contributed by atoms with Crippen molar-refractivity contribution in [2.45, 2.75) is 0 Å². The molecular weight excluding hydrogens is 342 g/mol. The number of para-hydroxylation sites is 1. The zero-order valence-electron chi connectivity index (χ0n) is 14.1. The van der Waals surface area contributed by atoms with E-state index < -0.39 is 0 Å². The van der Waals surface area contributed by atoms with E-state index in [-0.39, 0.29) is 11.9 Å². The number of anilines is 3. The van der Waals surface area contributed by atoms with Crippen molar-refractivity contribution in [3.05, 3.63) is 78.6 Å². The molecule has 27 heavy (non-hydrogen) atoms. The van der Waals surface area contributed by atoms with Gasteiger partial charge in [0.1, 0.15) is 5.69 Å². The number of H-pyrrole nitrogens is 1. The molecule has 0 spiro atoms. The van der Waals surface area contributed by atoms with E-state index in [2.05, 4.69) is 35.8 Å². The van der Waals surface area contributed by atoms with Crippen molar-refractivity contribution >= 4 is 23.5 Å². The molecule has 0 fully saturated rings. The zero-order valence-corrected chi connectivity index (χ0v) is 14.1. The first-order valence-electron chi connectivity index (χ1n) is 8.22. The minimum Gasteiger partial charge on any atom is -0.324 e. The third-order valence-electron chi connectivity index (χ3n) is 3.67. The molecule has 132 valence electrons. The first-order chi connectivity index (χ1) is 13.3. The van der Waals surface area contributed by atoms with Crippen molar-refractivity contribution < 1.29 is 4.79 Å². The van der Waals surface area contributed by atoms with Gasteiger partial charge in [0.05, 0.1) is 0 Å². The molecule has 0 saturated heterocycles. The van der Waals surface area contributed by atoms with E-state index in [0.717, 1.165) is 11.3 Å². The number of benzene rings is 2. The van der Waals surface area contributed by atoms with Crippen LogP contribution < -0.4 is 10.6 Å². The van der Waals surface area contributed by atoms with Gasteiger partial charge in [0.2, 0.25) is 11.9 Å². The lowest BCUT2D eigenvalue weighted by Gasteiger charge is -2.09. The van der Waals surface area contributed by atoms with E-state index in [9.17, 15) is 4.79 Å². The number of hydrogen-bond donors (Lipinski definition) is 3. The molecule has 4 aromatic rings. The molecular formula is C19H15N7O. The highest BCUT2D eigenvalue weighted by Crippen LogP contribution is 2.20. The highest BCUT2D eigenvalue weighted by Gasteiger charge is 2.13. The van der Waals surface area contributed by atoms with Gasteiger partial charge in [-0.2, -0.15) is 20.1 Å². The summed E-state index contributed by atoms with van der Waals surface area (Å²) in [6.45, 7) is 0. The quantitative estimate of drug-likeness (QED) is 0.506. The van der Waals surface area contributed by atoms with Gasteiger partial charge in [0.15, 0.2) is 5.82 Å². The van der Waals surface area contributed by atoms with Crippen molar-refractivity contribution in [3.63, 3.8) is 0 Å². The number of rotatable bonds is 5. The normalized spacial score (nSPS) is 10.4. The summed E-state index contributed by atoms with van der Waals surface area (Å²) in [6, 6.07) is 20.6. The molecule has 0 radical (unpaired) electrons. The minimum absolute atomic E-state index is 0.141. The third-order valence-corrected chi connectivity index (χ3v) is 3.67. The van der Waals surface area contributed by atoms with Crippen LogP contribution in [0.1, 0.15) is 10.5 Å². The van der Waals surface area contributed by atoms with Gasteiger partial charge in [-0.25, -0.2) is 0 Å². The Bertz CT molecular complexity index is 1030. The van der Waals surface area contributed by atoms with Gasteiger partial charge in [-0.05, 0) is 18.2 Å². The van der Waals surface area contributed by atoms with Gasteiger partial charge in [0.25, 0.3) is 5.91 Å². The van der Waals surface area contributed by atoms with Crippen LogP contribution in [0.5, 0.6) is 0 Å². The molecule has 8 nitrogen and oxygen atoms in total. The molecule has 0 aliphatic heterocycles. The van der Waals surface area contributed by atoms with Crippen LogP contribution in [0.4, 0.5) is 17.6 Å². The highest BCUT2D eigenvalue weighted by atomic mass is 16.2. The Balaban J connectivity index is 1.69. The molecule has 0 atom stereocenters. The lowest BCUT2D eigenvalue weighted by Crippen LogP contribution is -2.16. The van der Waals surface area contributed by atoms with E-state index in [4.69, 9.17) is 0 Å². The second-order valence-electron chi connectivity index (χ2n) is 5.59. The van der Waals surface area contributed by atoms with E-state index in [1.807, 2.05) is 60.7 Å². The summed E-state index contributed by atoms with van der Waals surface area (Å²) < 4.78 is 0. The van der Waals surface area contributed by atoms with E-state index in [1.165, 1.54) is 6.20 Å². The standard InChI is InChI=1S/C19H15N7O/c27-17(15-11-12-20-26-15)24-19-23-16(13-7-3-1-4-8-13)22-18(25-19)21-14-9-5-2-6-10-14/h1-12H,(H,20,26)(H2,21,22,23,24,25,27). The molecule has 0 bridgehead atoms. The monoisotopic (exact) mass is 357 g/mol. The first-order valence-corrected chi connectivity index (χ1v) is 8.22. The van der Waals surface area contributed by atoms with Crippen molar-refractivity contribution in [1.29, 1.82) is 0 Å². The number of amides is 1. The SMILES string of the molecule is O=C(Nc1nc(Nc2ccccc2)nc(-c2ccccc2)n1)c1ccn[nH]1. The number of nitrogens with zero attached hydrogens (tertiary/aromatic N) is 4. The Morgan fingerprint density at radius 3 is 2.22 bits per heavy atom. The lowest BCUT2D eigenvalue weighted by molar-refractivity contribution is 0.102. The minimum atomic E-state index is -0.386. The molecule has 0 aliphatic carbocycles. The molecule has 2 aromatic heterocycles. The van der Waals surface area contributed by atoms with E-state index in [0.29, 0.717) is 17.5 Å². The second kappa shape index (κ2) is 7.44. The summed E-state index contributed by atoms with van der Waals surface area (Å²) in [4.78, 5) is 25.4. The smallest absolute Gasteiger partial charge is 0.276 e. The van der Waals surface area contributed by atoms with Gasteiger partial charge in [-0.1, -0.05) is 48.5 Å². The summed E-state index contributed by atoms with van der Waals surface area (Å²) >= 11 is 0. The summed E-state index contributed by atoms with van der Waals surface area (Å²) in [7, 11) is 0. The van der Waals surface area contributed by atoms with Gasteiger partial charge in [0, 0.05) is 17.4 Å². The van der Waals surface area contributed by atoms with Crippen molar-refractivity contribution in [3.8, 4) is 11.4 Å². The van der Waals surface area contributed by atoms with Crippen molar-refractivity contribution in [1.82, 2.24) is 25.1 Å².